The summed E-state index contributed by atoms with van der Waals surface area (Å²) in [6, 6.07) is 1.75. The zero-order valence-corrected chi connectivity index (χ0v) is 8.67. The first-order chi connectivity index (χ1) is 7.75. The number of carboxylic acid groups (broad SMARTS) is 1. The van der Waals surface area contributed by atoms with Crippen LogP contribution in [-0.2, 0) is 9.53 Å². The Hall–Kier alpha value is -1.69. The van der Waals surface area contributed by atoms with E-state index in [0.717, 1.165) is 12.2 Å². The van der Waals surface area contributed by atoms with Crippen molar-refractivity contribution in [3.63, 3.8) is 0 Å². The third kappa shape index (κ3) is 2.66. The van der Waals surface area contributed by atoms with Crippen molar-refractivity contribution < 1.29 is 14.6 Å². The summed E-state index contributed by atoms with van der Waals surface area (Å²) in [5, 5.41) is 11.8. The summed E-state index contributed by atoms with van der Waals surface area (Å²) in [5.74, 6) is -0.165. The van der Waals surface area contributed by atoms with Crippen LogP contribution >= 0.6 is 0 Å². The van der Waals surface area contributed by atoms with Gasteiger partial charge < -0.3 is 15.2 Å². The molecule has 0 radical (unpaired) electrons. The molecule has 2 heterocycles. The molecule has 1 saturated heterocycles. The van der Waals surface area contributed by atoms with Crippen molar-refractivity contribution in [1.29, 1.82) is 0 Å². The number of rotatable bonds is 4. The molecule has 0 saturated carbocycles. The molecule has 16 heavy (non-hydrogen) atoms. The highest BCUT2D eigenvalue weighted by Gasteiger charge is 2.30. The molecule has 1 fully saturated rings. The molecule has 2 N–H and O–H groups in total. The van der Waals surface area contributed by atoms with Gasteiger partial charge in [-0.1, -0.05) is 0 Å². The topological polar surface area (TPSA) is 84.3 Å². The minimum Gasteiger partial charge on any atom is -0.479 e. The normalized spacial score (nSPS) is 24.2. The number of carboxylic acids is 1. The molecule has 2 unspecified atom stereocenters. The van der Waals surface area contributed by atoms with Crippen LogP contribution in [0.15, 0.2) is 18.6 Å². The maximum Gasteiger partial charge on any atom is 0.332 e. The number of anilines is 1. The maximum absolute atomic E-state index is 10.7. The number of nitrogens with one attached hydrogen (secondary N) is 1. The van der Waals surface area contributed by atoms with Crippen LogP contribution in [0.5, 0.6) is 0 Å². The summed E-state index contributed by atoms with van der Waals surface area (Å²) < 4.78 is 5.34. The first-order valence-electron chi connectivity index (χ1n) is 5.14. The second-order valence-electron chi connectivity index (χ2n) is 3.64. The van der Waals surface area contributed by atoms with Crippen molar-refractivity contribution in [1.82, 2.24) is 9.97 Å². The standard InChI is InChI=1S/C10H13N3O3/c14-10(15)8-2-1-7(16-8)5-12-9-3-4-11-6-13-9/h3-4,6-8H,1-2,5H2,(H,14,15)(H,11,12,13). The lowest BCUT2D eigenvalue weighted by Gasteiger charge is -2.12. The van der Waals surface area contributed by atoms with Gasteiger partial charge in [0.1, 0.15) is 12.1 Å². The summed E-state index contributed by atoms with van der Waals surface area (Å²) in [4.78, 5) is 18.5. The van der Waals surface area contributed by atoms with Crippen molar-refractivity contribution in [3.8, 4) is 0 Å². The summed E-state index contributed by atoms with van der Waals surface area (Å²) in [6.07, 6.45) is 3.72. The van der Waals surface area contributed by atoms with Crippen molar-refractivity contribution in [2.75, 3.05) is 11.9 Å². The van der Waals surface area contributed by atoms with Crippen LogP contribution in [0.25, 0.3) is 0 Å². The predicted octanol–water partition coefficient (Wildman–Crippen LogP) is 0.521. The average molecular weight is 223 g/mol. The molecule has 86 valence electrons. The molecule has 0 amide bonds. The van der Waals surface area contributed by atoms with Crippen LogP contribution in [0, 0.1) is 0 Å². The van der Waals surface area contributed by atoms with Gasteiger partial charge in [-0.2, -0.15) is 0 Å². The van der Waals surface area contributed by atoms with Gasteiger partial charge in [0.15, 0.2) is 6.10 Å². The van der Waals surface area contributed by atoms with Crippen LogP contribution in [0.1, 0.15) is 12.8 Å². The first-order valence-corrected chi connectivity index (χ1v) is 5.14. The molecular formula is C10H13N3O3. The van der Waals surface area contributed by atoms with Gasteiger partial charge in [0.2, 0.25) is 0 Å². The molecule has 0 bridgehead atoms. The predicted molar refractivity (Wildman–Crippen MR) is 56.1 cm³/mol. The number of ether oxygens (including phenoxy) is 1. The van der Waals surface area contributed by atoms with E-state index in [9.17, 15) is 4.79 Å². The molecule has 6 nitrogen and oxygen atoms in total. The summed E-state index contributed by atoms with van der Waals surface area (Å²) in [6.45, 7) is 0.570. The Morgan fingerprint density at radius 1 is 1.62 bits per heavy atom. The van der Waals surface area contributed by atoms with E-state index in [1.54, 1.807) is 12.3 Å². The van der Waals surface area contributed by atoms with Gasteiger partial charge >= 0.3 is 5.97 Å². The quantitative estimate of drug-likeness (QED) is 0.774. The third-order valence-corrected chi connectivity index (χ3v) is 2.48. The lowest BCUT2D eigenvalue weighted by molar-refractivity contribution is -0.149. The van der Waals surface area contributed by atoms with Crippen LogP contribution in [-0.4, -0.2) is 39.8 Å². The summed E-state index contributed by atoms with van der Waals surface area (Å²) in [5.41, 5.74) is 0. The minimum absolute atomic E-state index is 0.0592. The van der Waals surface area contributed by atoms with E-state index in [1.807, 2.05) is 0 Å². The van der Waals surface area contributed by atoms with Crippen LogP contribution in [0.4, 0.5) is 5.82 Å². The number of hydrogen-bond acceptors (Lipinski definition) is 5. The molecule has 2 rings (SSSR count). The highest BCUT2D eigenvalue weighted by molar-refractivity contribution is 5.72. The smallest absolute Gasteiger partial charge is 0.332 e. The van der Waals surface area contributed by atoms with Crippen molar-refractivity contribution >= 4 is 11.8 Å². The number of aromatic nitrogens is 2. The zero-order valence-electron chi connectivity index (χ0n) is 8.67. The van der Waals surface area contributed by atoms with Gasteiger partial charge in [-0.05, 0) is 18.9 Å². The summed E-state index contributed by atoms with van der Waals surface area (Å²) >= 11 is 0. The highest BCUT2D eigenvalue weighted by Crippen LogP contribution is 2.19. The van der Waals surface area contributed by atoms with E-state index in [-0.39, 0.29) is 6.10 Å². The second kappa shape index (κ2) is 4.89. The van der Waals surface area contributed by atoms with Gasteiger partial charge in [0.25, 0.3) is 0 Å². The molecule has 0 aromatic carbocycles. The lowest BCUT2D eigenvalue weighted by atomic mass is 10.2. The van der Waals surface area contributed by atoms with E-state index in [0.29, 0.717) is 13.0 Å². The fourth-order valence-electron chi connectivity index (χ4n) is 1.65. The van der Waals surface area contributed by atoms with Gasteiger partial charge in [-0.15, -0.1) is 0 Å². The SMILES string of the molecule is O=C(O)C1CCC(CNc2ccncn2)O1. The highest BCUT2D eigenvalue weighted by atomic mass is 16.5. The van der Waals surface area contributed by atoms with Crippen molar-refractivity contribution in [3.05, 3.63) is 18.6 Å². The largest absolute Gasteiger partial charge is 0.479 e. The van der Waals surface area contributed by atoms with E-state index >= 15 is 0 Å². The number of nitrogens with zero attached hydrogens (tertiary/aromatic N) is 2. The molecular weight excluding hydrogens is 210 g/mol. The molecule has 1 aliphatic heterocycles. The Labute approximate surface area is 92.7 Å². The van der Waals surface area contributed by atoms with Crippen LogP contribution in [0.3, 0.4) is 0 Å². The fraction of sp³-hybridized carbons (Fsp3) is 0.500. The van der Waals surface area contributed by atoms with E-state index in [2.05, 4.69) is 15.3 Å². The number of carbonyl (C=O) groups is 1. The Bertz CT molecular complexity index is 358. The van der Waals surface area contributed by atoms with Crippen LogP contribution < -0.4 is 5.32 Å². The summed E-state index contributed by atoms with van der Waals surface area (Å²) in [7, 11) is 0. The number of hydrogen-bond donors (Lipinski definition) is 2. The monoisotopic (exact) mass is 223 g/mol. The van der Waals surface area contributed by atoms with Crippen LogP contribution in [0.2, 0.25) is 0 Å². The van der Waals surface area contributed by atoms with Crippen molar-refractivity contribution in [2.45, 2.75) is 25.0 Å². The molecule has 1 aliphatic rings. The van der Waals surface area contributed by atoms with Gasteiger partial charge in [-0.3, -0.25) is 0 Å². The van der Waals surface area contributed by atoms with E-state index in [1.165, 1.54) is 6.33 Å². The lowest BCUT2D eigenvalue weighted by Crippen LogP contribution is -2.24. The molecule has 6 heteroatoms. The Kier molecular flexibility index (Phi) is 3.31. The van der Waals surface area contributed by atoms with E-state index < -0.39 is 12.1 Å². The fourth-order valence-corrected chi connectivity index (χ4v) is 1.65. The molecule has 1 aromatic heterocycles. The minimum atomic E-state index is -0.885. The zero-order chi connectivity index (χ0) is 11.4. The third-order valence-electron chi connectivity index (χ3n) is 2.48. The van der Waals surface area contributed by atoms with E-state index in [4.69, 9.17) is 9.84 Å². The Morgan fingerprint density at radius 3 is 3.12 bits per heavy atom. The number of aliphatic carboxylic acids is 1. The van der Waals surface area contributed by atoms with Gasteiger partial charge in [0, 0.05) is 12.7 Å². The van der Waals surface area contributed by atoms with Gasteiger partial charge in [0.05, 0.1) is 6.10 Å². The molecule has 0 spiro atoms. The molecule has 0 aliphatic carbocycles. The second-order valence-corrected chi connectivity index (χ2v) is 3.64. The Balaban J connectivity index is 1.78. The average Bonchev–Trinajstić information content (AvgIpc) is 2.76. The van der Waals surface area contributed by atoms with Crippen molar-refractivity contribution in [2.24, 2.45) is 0 Å². The molecule has 1 aromatic rings. The molecule has 2 atom stereocenters. The maximum atomic E-state index is 10.7. The van der Waals surface area contributed by atoms with Gasteiger partial charge in [-0.25, -0.2) is 14.8 Å². The Morgan fingerprint density at radius 2 is 2.50 bits per heavy atom. The first kappa shape index (κ1) is 10.8.